The number of nitriles is 1. The van der Waals surface area contributed by atoms with Crippen LogP contribution in [0.4, 0.5) is 15.2 Å². The summed E-state index contributed by atoms with van der Waals surface area (Å²) in [5.41, 5.74) is 2.06. The molecular formula is C13H10FN3S. The number of rotatable bonds is 2. The van der Waals surface area contributed by atoms with Crippen LogP contribution < -0.4 is 5.32 Å². The molecule has 0 fully saturated rings. The van der Waals surface area contributed by atoms with E-state index in [1.54, 1.807) is 17.4 Å². The van der Waals surface area contributed by atoms with Crippen LogP contribution in [0.2, 0.25) is 0 Å². The lowest BCUT2D eigenvalue weighted by molar-refractivity contribution is 0.627. The van der Waals surface area contributed by atoms with Gasteiger partial charge in [-0.15, -0.1) is 11.3 Å². The van der Waals surface area contributed by atoms with Gasteiger partial charge in [0.25, 0.3) is 0 Å². The van der Waals surface area contributed by atoms with Gasteiger partial charge in [0.15, 0.2) is 5.13 Å². The second-order valence-corrected chi connectivity index (χ2v) is 5.25. The van der Waals surface area contributed by atoms with Gasteiger partial charge in [0, 0.05) is 4.88 Å². The molecule has 2 aromatic rings. The summed E-state index contributed by atoms with van der Waals surface area (Å²) in [7, 11) is 0. The van der Waals surface area contributed by atoms with Crippen molar-refractivity contribution in [3.8, 4) is 6.07 Å². The summed E-state index contributed by atoms with van der Waals surface area (Å²) in [4.78, 5) is 5.81. The van der Waals surface area contributed by atoms with Crippen molar-refractivity contribution in [2.24, 2.45) is 0 Å². The molecule has 1 aromatic carbocycles. The first-order valence-corrected chi connectivity index (χ1v) is 6.53. The zero-order valence-electron chi connectivity index (χ0n) is 9.53. The quantitative estimate of drug-likeness (QED) is 0.899. The molecule has 0 unspecified atom stereocenters. The van der Waals surface area contributed by atoms with E-state index in [1.165, 1.54) is 23.4 Å². The number of halogens is 1. The van der Waals surface area contributed by atoms with E-state index in [9.17, 15) is 4.39 Å². The predicted molar refractivity (Wildman–Crippen MR) is 68.5 cm³/mol. The third kappa shape index (κ3) is 1.95. The summed E-state index contributed by atoms with van der Waals surface area (Å²) in [6, 6.07) is 6.11. The first-order chi connectivity index (χ1) is 8.76. The van der Waals surface area contributed by atoms with Crippen molar-refractivity contribution in [2.75, 3.05) is 5.32 Å². The summed E-state index contributed by atoms with van der Waals surface area (Å²) in [6.45, 7) is 0. The molecule has 3 nitrogen and oxygen atoms in total. The second-order valence-electron chi connectivity index (χ2n) is 4.17. The van der Waals surface area contributed by atoms with Crippen LogP contribution in [0.15, 0.2) is 18.2 Å². The van der Waals surface area contributed by atoms with Crippen LogP contribution in [0.25, 0.3) is 0 Å². The third-order valence-electron chi connectivity index (χ3n) is 2.94. The molecule has 0 saturated carbocycles. The molecule has 0 amide bonds. The van der Waals surface area contributed by atoms with Crippen molar-refractivity contribution in [2.45, 2.75) is 19.3 Å². The van der Waals surface area contributed by atoms with Crippen molar-refractivity contribution in [1.82, 2.24) is 4.98 Å². The Bertz CT molecular complexity index is 621. The summed E-state index contributed by atoms with van der Waals surface area (Å²) < 4.78 is 13.0. The number of nitrogens with zero attached hydrogens (tertiary/aromatic N) is 2. The van der Waals surface area contributed by atoms with Gasteiger partial charge in [-0.3, -0.25) is 0 Å². The van der Waals surface area contributed by atoms with E-state index in [1.807, 2.05) is 6.07 Å². The van der Waals surface area contributed by atoms with Crippen molar-refractivity contribution >= 4 is 22.2 Å². The van der Waals surface area contributed by atoms with Crippen LogP contribution in [-0.4, -0.2) is 4.98 Å². The predicted octanol–water partition coefficient (Wildman–Crippen LogP) is 3.39. The Morgan fingerprint density at radius 2 is 2.28 bits per heavy atom. The molecule has 1 aromatic heterocycles. The largest absolute Gasteiger partial charge is 0.330 e. The molecule has 0 bridgehead atoms. The third-order valence-corrected chi connectivity index (χ3v) is 4.01. The smallest absolute Gasteiger partial charge is 0.187 e. The van der Waals surface area contributed by atoms with Crippen molar-refractivity contribution in [3.05, 3.63) is 40.2 Å². The average molecular weight is 259 g/mol. The Morgan fingerprint density at radius 3 is 3.06 bits per heavy atom. The Morgan fingerprint density at radius 1 is 1.39 bits per heavy atom. The summed E-state index contributed by atoms with van der Waals surface area (Å²) in [6.07, 6.45) is 3.29. The minimum absolute atomic E-state index is 0.297. The average Bonchev–Trinajstić information content (AvgIpc) is 2.92. The van der Waals surface area contributed by atoms with E-state index in [0.717, 1.165) is 23.7 Å². The first kappa shape index (κ1) is 11.2. The Hall–Kier alpha value is -1.93. The van der Waals surface area contributed by atoms with Gasteiger partial charge in [-0.2, -0.15) is 5.26 Å². The van der Waals surface area contributed by atoms with Crippen molar-refractivity contribution in [3.63, 3.8) is 0 Å². The van der Waals surface area contributed by atoms with Gasteiger partial charge in [0.1, 0.15) is 11.9 Å². The maximum Gasteiger partial charge on any atom is 0.187 e. The molecule has 90 valence electrons. The van der Waals surface area contributed by atoms with Gasteiger partial charge >= 0.3 is 0 Å². The fraction of sp³-hybridized carbons (Fsp3) is 0.231. The number of nitrogens with one attached hydrogen (secondary N) is 1. The lowest BCUT2D eigenvalue weighted by atomic mass is 10.2. The number of aryl methyl sites for hydroxylation is 2. The minimum Gasteiger partial charge on any atom is -0.330 e. The monoisotopic (exact) mass is 259 g/mol. The molecule has 0 atom stereocenters. The molecule has 1 aliphatic rings. The zero-order chi connectivity index (χ0) is 12.5. The van der Waals surface area contributed by atoms with Gasteiger partial charge in [-0.1, -0.05) is 0 Å². The highest BCUT2D eigenvalue weighted by Crippen LogP contribution is 2.32. The molecule has 1 heterocycles. The van der Waals surface area contributed by atoms with Gasteiger partial charge in [0.05, 0.1) is 16.9 Å². The number of benzene rings is 1. The lowest BCUT2D eigenvalue weighted by Crippen LogP contribution is -1.94. The normalized spacial score (nSPS) is 13.1. The van der Waals surface area contributed by atoms with Crippen LogP contribution in [0, 0.1) is 17.1 Å². The lowest BCUT2D eigenvalue weighted by Gasteiger charge is -2.04. The van der Waals surface area contributed by atoms with Gasteiger partial charge in [-0.25, -0.2) is 9.37 Å². The number of aromatic nitrogens is 1. The Balaban J connectivity index is 1.90. The van der Waals surface area contributed by atoms with Gasteiger partial charge < -0.3 is 5.32 Å². The van der Waals surface area contributed by atoms with E-state index >= 15 is 0 Å². The second kappa shape index (κ2) is 4.39. The van der Waals surface area contributed by atoms with Crippen LogP contribution in [0.3, 0.4) is 0 Å². The number of thiazole rings is 1. The van der Waals surface area contributed by atoms with E-state index in [-0.39, 0.29) is 0 Å². The molecule has 0 saturated heterocycles. The highest BCUT2D eigenvalue weighted by molar-refractivity contribution is 7.15. The summed E-state index contributed by atoms with van der Waals surface area (Å²) >= 11 is 1.61. The number of anilines is 2. The molecule has 18 heavy (non-hydrogen) atoms. The molecule has 3 rings (SSSR count). The summed E-state index contributed by atoms with van der Waals surface area (Å²) in [5.74, 6) is -0.404. The molecule has 1 N–H and O–H groups in total. The molecular weight excluding hydrogens is 249 g/mol. The highest BCUT2D eigenvalue weighted by Gasteiger charge is 2.17. The van der Waals surface area contributed by atoms with Gasteiger partial charge in [-0.05, 0) is 37.5 Å². The molecule has 0 spiro atoms. The molecule has 5 heteroatoms. The fourth-order valence-corrected chi connectivity index (χ4v) is 3.14. The number of fused-ring (bicyclic) bond motifs is 1. The van der Waals surface area contributed by atoms with Gasteiger partial charge in [0.2, 0.25) is 0 Å². The standard InChI is InChI=1S/C13H10FN3S/c14-9-4-5-10(8(6-9)7-15)16-13-17-11-2-1-3-12(11)18-13/h4-6H,1-3H2,(H,16,17). The maximum absolute atomic E-state index is 13.0. The summed E-state index contributed by atoms with van der Waals surface area (Å²) in [5, 5.41) is 12.8. The van der Waals surface area contributed by atoms with Crippen molar-refractivity contribution in [1.29, 1.82) is 5.26 Å². The van der Waals surface area contributed by atoms with Crippen LogP contribution in [0.1, 0.15) is 22.6 Å². The van der Waals surface area contributed by atoms with Crippen LogP contribution >= 0.6 is 11.3 Å². The van der Waals surface area contributed by atoms with Crippen LogP contribution in [-0.2, 0) is 12.8 Å². The Labute approximate surface area is 108 Å². The molecule has 1 aliphatic carbocycles. The maximum atomic E-state index is 13.0. The topological polar surface area (TPSA) is 48.7 Å². The van der Waals surface area contributed by atoms with Crippen LogP contribution in [0.5, 0.6) is 0 Å². The van der Waals surface area contributed by atoms with E-state index in [0.29, 0.717) is 11.3 Å². The fourth-order valence-electron chi connectivity index (χ4n) is 2.08. The molecule has 0 aliphatic heterocycles. The minimum atomic E-state index is -0.404. The van der Waals surface area contributed by atoms with E-state index in [4.69, 9.17) is 5.26 Å². The Kier molecular flexibility index (Phi) is 2.73. The number of hydrogen-bond donors (Lipinski definition) is 1. The highest BCUT2D eigenvalue weighted by atomic mass is 32.1. The first-order valence-electron chi connectivity index (χ1n) is 5.71. The van der Waals surface area contributed by atoms with E-state index < -0.39 is 5.82 Å². The zero-order valence-corrected chi connectivity index (χ0v) is 10.4. The number of hydrogen-bond acceptors (Lipinski definition) is 4. The van der Waals surface area contributed by atoms with E-state index in [2.05, 4.69) is 10.3 Å². The van der Waals surface area contributed by atoms with Crippen molar-refractivity contribution < 1.29 is 4.39 Å². The molecule has 0 radical (unpaired) electrons. The SMILES string of the molecule is N#Cc1cc(F)ccc1Nc1nc2c(s1)CCC2.